The van der Waals surface area contributed by atoms with E-state index in [4.69, 9.17) is 0 Å². The molecule has 3 nitrogen and oxygen atoms in total. The molecule has 114 valence electrons. The number of rotatable bonds is 7. The number of benzene rings is 1. The van der Waals surface area contributed by atoms with Gasteiger partial charge in [0, 0.05) is 16.7 Å². The Morgan fingerprint density at radius 3 is 2.71 bits per heavy atom. The van der Waals surface area contributed by atoms with Crippen LogP contribution in [-0.4, -0.2) is 23.4 Å². The first-order valence-corrected chi connectivity index (χ1v) is 8.34. The van der Waals surface area contributed by atoms with Gasteiger partial charge in [-0.25, -0.2) is 0 Å². The molecule has 0 amide bonds. The van der Waals surface area contributed by atoms with Gasteiger partial charge < -0.3 is 5.32 Å². The fourth-order valence-electron chi connectivity index (χ4n) is 2.81. The van der Waals surface area contributed by atoms with E-state index in [1.54, 1.807) is 0 Å². The van der Waals surface area contributed by atoms with Crippen molar-refractivity contribution in [3.8, 4) is 0 Å². The molecule has 2 rings (SSSR count). The number of aryl methyl sites for hydroxylation is 2. The maximum atomic E-state index is 4.55. The van der Waals surface area contributed by atoms with Crippen LogP contribution in [0.3, 0.4) is 0 Å². The van der Waals surface area contributed by atoms with Gasteiger partial charge in [-0.1, -0.05) is 34.1 Å². The second kappa shape index (κ2) is 7.76. The SMILES string of the molecule is CCn1nc(C)cc1CC(CNC)Cc1ccccc1Br. The van der Waals surface area contributed by atoms with E-state index in [0.717, 1.165) is 31.6 Å². The molecule has 4 heteroatoms. The lowest BCUT2D eigenvalue weighted by atomic mass is 9.94. The number of aromatic nitrogens is 2. The Morgan fingerprint density at radius 1 is 1.29 bits per heavy atom. The van der Waals surface area contributed by atoms with E-state index in [0.29, 0.717) is 5.92 Å². The van der Waals surface area contributed by atoms with Crippen LogP contribution in [0.2, 0.25) is 0 Å². The van der Waals surface area contributed by atoms with Crippen LogP contribution in [0.4, 0.5) is 0 Å². The van der Waals surface area contributed by atoms with Gasteiger partial charge >= 0.3 is 0 Å². The number of hydrogen-bond acceptors (Lipinski definition) is 2. The van der Waals surface area contributed by atoms with Crippen molar-refractivity contribution in [3.63, 3.8) is 0 Å². The lowest BCUT2D eigenvalue weighted by Crippen LogP contribution is -2.24. The molecule has 0 fully saturated rings. The van der Waals surface area contributed by atoms with Crippen molar-refractivity contribution in [2.45, 2.75) is 33.2 Å². The van der Waals surface area contributed by atoms with Gasteiger partial charge in [-0.2, -0.15) is 5.10 Å². The number of halogens is 1. The van der Waals surface area contributed by atoms with E-state index in [-0.39, 0.29) is 0 Å². The highest BCUT2D eigenvalue weighted by Crippen LogP contribution is 2.21. The molecule has 1 aromatic heterocycles. The number of nitrogens with one attached hydrogen (secondary N) is 1. The van der Waals surface area contributed by atoms with Crippen LogP contribution in [-0.2, 0) is 19.4 Å². The third-order valence-electron chi connectivity index (χ3n) is 3.74. The molecule has 0 saturated heterocycles. The molecule has 1 atom stereocenters. The molecule has 1 N–H and O–H groups in total. The molecule has 0 radical (unpaired) electrons. The molecule has 0 bridgehead atoms. The second-order valence-corrected chi connectivity index (χ2v) is 6.37. The summed E-state index contributed by atoms with van der Waals surface area (Å²) in [7, 11) is 2.02. The van der Waals surface area contributed by atoms with Crippen LogP contribution in [0, 0.1) is 12.8 Å². The summed E-state index contributed by atoms with van der Waals surface area (Å²) in [6, 6.07) is 10.7. The molecule has 1 aromatic carbocycles. The van der Waals surface area contributed by atoms with Crippen LogP contribution in [0.1, 0.15) is 23.9 Å². The van der Waals surface area contributed by atoms with Gasteiger partial charge in [-0.05, 0) is 63.9 Å². The van der Waals surface area contributed by atoms with Crippen LogP contribution in [0.25, 0.3) is 0 Å². The van der Waals surface area contributed by atoms with Crippen molar-refractivity contribution in [2.75, 3.05) is 13.6 Å². The number of nitrogens with zero attached hydrogens (tertiary/aromatic N) is 2. The van der Waals surface area contributed by atoms with Gasteiger partial charge in [-0.3, -0.25) is 4.68 Å². The topological polar surface area (TPSA) is 29.9 Å². The van der Waals surface area contributed by atoms with E-state index in [2.05, 4.69) is 75.2 Å². The molecule has 1 heterocycles. The van der Waals surface area contributed by atoms with E-state index in [9.17, 15) is 0 Å². The fourth-order valence-corrected chi connectivity index (χ4v) is 3.26. The van der Waals surface area contributed by atoms with E-state index >= 15 is 0 Å². The van der Waals surface area contributed by atoms with Gasteiger partial charge in [-0.15, -0.1) is 0 Å². The number of hydrogen-bond donors (Lipinski definition) is 1. The summed E-state index contributed by atoms with van der Waals surface area (Å²) in [5, 5.41) is 7.88. The van der Waals surface area contributed by atoms with Crippen molar-refractivity contribution in [3.05, 3.63) is 51.8 Å². The largest absolute Gasteiger partial charge is 0.319 e. The van der Waals surface area contributed by atoms with E-state index in [1.807, 2.05) is 7.05 Å². The molecule has 1 unspecified atom stereocenters. The molecule has 0 aliphatic carbocycles. The Bertz CT molecular complexity index is 577. The first-order chi connectivity index (χ1) is 10.1. The lowest BCUT2D eigenvalue weighted by molar-refractivity contribution is 0.469. The first-order valence-electron chi connectivity index (χ1n) is 7.55. The molecular weight excluding hydrogens is 326 g/mol. The fraction of sp³-hybridized carbons (Fsp3) is 0.471. The Balaban J connectivity index is 2.13. The van der Waals surface area contributed by atoms with Crippen LogP contribution in [0.15, 0.2) is 34.8 Å². The quantitative estimate of drug-likeness (QED) is 0.827. The van der Waals surface area contributed by atoms with Gasteiger partial charge in [0.2, 0.25) is 0 Å². The summed E-state index contributed by atoms with van der Waals surface area (Å²) in [5.74, 6) is 0.565. The minimum absolute atomic E-state index is 0.565. The van der Waals surface area contributed by atoms with Crippen molar-refractivity contribution in [1.82, 2.24) is 15.1 Å². The van der Waals surface area contributed by atoms with Crippen LogP contribution >= 0.6 is 15.9 Å². The maximum absolute atomic E-state index is 4.55. The predicted octanol–water partition coefficient (Wildman–Crippen LogP) is 3.59. The standard InChI is InChI=1S/C17H24BrN3/c1-4-21-16(9-13(2)20-21)11-14(12-19-3)10-15-7-5-6-8-17(15)18/h5-9,14,19H,4,10-12H2,1-3H3. The smallest absolute Gasteiger partial charge is 0.0596 e. The average Bonchev–Trinajstić information content (AvgIpc) is 2.81. The van der Waals surface area contributed by atoms with Gasteiger partial charge in [0.05, 0.1) is 5.69 Å². The minimum Gasteiger partial charge on any atom is -0.319 e. The Labute approximate surface area is 135 Å². The third kappa shape index (κ3) is 4.42. The monoisotopic (exact) mass is 349 g/mol. The highest BCUT2D eigenvalue weighted by atomic mass is 79.9. The maximum Gasteiger partial charge on any atom is 0.0596 e. The molecule has 0 saturated carbocycles. The highest BCUT2D eigenvalue weighted by molar-refractivity contribution is 9.10. The third-order valence-corrected chi connectivity index (χ3v) is 4.52. The summed E-state index contributed by atoms with van der Waals surface area (Å²) in [6.45, 7) is 6.16. The Kier molecular flexibility index (Phi) is 6.00. The zero-order chi connectivity index (χ0) is 15.2. The molecular formula is C17H24BrN3. The van der Waals surface area contributed by atoms with E-state index < -0.39 is 0 Å². The second-order valence-electron chi connectivity index (χ2n) is 5.52. The lowest BCUT2D eigenvalue weighted by Gasteiger charge is -2.18. The molecule has 2 aromatic rings. The van der Waals surface area contributed by atoms with Crippen molar-refractivity contribution in [1.29, 1.82) is 0 Å². The normalized spacial score (nSPS) is 12.6. The van der Waals surface area contributed by atoms with Crippen molar-refractivity contribution < 1.29 is 0 Å². The average molecular weight is 350 g/mol. The predicted molar refractivity (Wildman–Crippen MR) is 91.6 cm³/mol. The van der Waals surface area contributed by atoms with Crippen molar-refractivity contribution >= 4 is 15.9 Å². The summed E-state index contributed by atoms with van der Waals surface area (Å²) < 4.78 is 3.32. The first kappa shape index (κ1) is 16.2. The Hall–Kier alpha value is -1.13. The summed E-state index contributed by atoms with van der Waals surface area (Å²) in [6.07, 6.45) is 2.12. The van der Waals surface area contributed by atoms with Gasteiger partial charge in [0.1, 0.15) is 0 Å². The molecule has 0 aliphatic heterocycles. The van der Waals surface area contributed by atoms with Crippen LogP contribution in [0.5, 0.6) is 0 Å². The summed E-state index contributed by atoms with van der Waals surface area (Å²) >= 11 is 3.66. The van der Waals surface area contributed by atoms with Crippen molar-refractivity contribution in [2.24, 2.45) is 5.92 Å². The molecule has 0 spiro atoms. The van der Waals surface area contributed by atoms with Gasteiger partial charge in [0.15, 0.2) is 0 Å². The minimum atomic E-state index is 0.565. The van der Waals surface area contributed by atoms with E-state index in [1.165, 1.54) is 15.7 Å². The summed E-state index contributed by atoms with van der Waals surface area (Å²) in [5.41, 5.74) is 3.82. The summed E-state index contributed by atoms with van der Waals surface area (Å²) in [4.78, 5) is 0. The zero-order valence-corrected chi connectivity index (χ0v) is 14.7. The molecule has 0 aliphatic rings. The molecule has 21 heavy (non-hydrogen) atoms. The highest BCUT2D eigenvalue weighted by Gasteiger charge is 2.15. The van der Waals surface area contributed by atoms with Gasteiger partial charge in [0.25, 0.3) is 0 Å². The zero-order valence-electron chi connectivity index (χ0n) is 13.1. The Morgan fingerprint density at radius 2 is 2.05 bits per heavy atom. The van der Waals surface area contributed by atoms with Crippen LogP contribution < -0.4 is 5.32 Å².